The van der Waals surface area contributed by atoms with Crippen LogP contribution in [-0.4, -0.2) is 9.97 Å². The molecule has 0 saturated carbocycles. The van der Waals surface area contributed by atoms with Crippen molar-refractivity contribution in [3.8, 4) is 11.1 Å². The number of rotatable bonds is 2. The summed E-state index contributed by atoms with van der Waals surface area (Å²) in [6.45, 7) is 6.86. The Kier molecular flexibility index (Phi) is 3.61. The second kappa shape index (κ2) is 5.67. The third-order valence-corrected chi connectivity index (χ3v) is 5.30. The monoisotopic (exact) mass is 332 g/mol. The molecule has 120 valence electrons. The van der Waals surface area contributed by atoms with E-state index in [4.69, 9.17) is 0 Å². The molecule has 2 heterocycles. The standard InChI is InChI=1S/C21H20N2S/c1-21(2,3)11-14-9-16(15-7-5-4-6-8-15)19-17(10-14)18-12-22-13-23-20(18)24-19/h4-10,12-13H,11H2,1-3H3. The first kappa shape index (κ1) is 15.3. The van der Waals surface area contributed by atoms with Crippen molar-refractivity contribution >= 4 is 31.6 Å². The number of fused-ring (bicyclic) bond motifs is 3. The van der Waals surface area contributed by atoms with E-state index in [1.807, 2.05) is 6.20 Å². The molecular formula is C21H20N2S. The molecule has 4 rings (SSSR count). The van der Waals surface area contributed by atoms with Crippen molar-refractivity contribution in [1.82, 2.24) is 9.97 Å². The second-order valence-corrected chi connectivity index (χ2v) is 8.47. The van der Waals surface area contributed by atoms with Gasteiger partial charge in [-0.15, -0.1) is 11.3 Å². The summed E-state index contributed by atoms with van der Waals surface area (Å²) in [5.74, 6) is 0. The summed E-state index contributed by atoms with van der Waals surface area (Å²) >= 11 is 1.76. The highest BCUT2D eigenvalue weighted by atomic mass is 32.1. The molecule has 24 heavy (non-hydrogen) atoms. The predicted molar refractivity (Wildman–Crippen MR) is 104 cm³/mol. The predicted octanol–water partition coefficient (Wildman–Crippen LogP) is 6.10. The molecule has 0 unspecified atom stereocenters. The first-order valence-corrected chi connectivity index (χ1v) is 9.03. The summed E-state index contributed by atoms with van der Waals surface area (Å²) in [6.07, 6.45) is 4.63. The van der Waals surface area contributed by atoms with Crippen LogP contribution in [0.2, 0.25) is 0 Å². The minimum absolute atomic E-state index is 0.254. The van der Waals surface area contributed by atoms with Gasteiger partial charge in [0.1, 0.15) is 11.2 Å². The highest BCUT2D eigenvalue weighted by molar-refractivity contribution is 7.26. The van der Waals surface area contributed by atoms with Gasteiger partial charge in [0, 0.05) is 21.7 Å². The van der Waals surface area contributed by atoms with Crippen molar-refractivity contribution in [2.75, 3.05) is 0 Å². The Morgan fingerprint density at radius 1 is 1.00 bits per heavy atom. The summed E-state index contributed by atoms with van der Waals surface area (Å²) < 4.78 is 1.30. The zero-order chi connectivity index (χ0) is 16.7. The third kappa shape index (κ3) is 2.80. The molecule has 0 fully saturated rings. The maximum Gasteiger partial charge on any atom is 0.127 e. The van der Waals surface area contributed by atoms with Crippen LogP contribution in [0.25, 0.3) is 31.4 Å². The maximum atomic E-state index is 4.46. The van der Waals surface area contributed by atoms with Crippen LogP contribution in [0.1, 0.15) is 26.3 Å². The lowest BCUT2D eigenvalue weighted by Crippen LogP contribution is -2.09. The van der Waals surface area contributed by atoms with Gasteiger partial charge in [0.25, 0.3) is 0 Å². The number of benzene rings is 2. The van der Waals surface area contributed by atoms with Crippen LogP contribution in [0.4, 0.5) is 0 Å². The smallest absolute Gasteiger partial charge is 0.127 e. The zero-order valence-electron chi connectivity index (χ0n) is 14.2. The van der Waals surface area contributed by atoms with Gasteiger partial charge in [-0.2, -0.15) is 0 Å². The van der Waals surface area contributed by atoms with Crippen LogP contribution >= 0.6 is 11.3 Å². The van der Waals surface area contributed by atoms with Gasteiger partial charge in [0.2, 0.25) is 0 Å². The van der Waals surface area contributed by atoms with E-state index in [9.17, 15) is 0 Å². The number of aromatic nitrogens is 2. The molecular weight excluding hydrogens is 312 g/mol. The van der Waals surface area contributed by atoms with Gasteiger partial charge in [0.15, 0.2) is 0 Å². The van der Waals surface area contributed by atoms with Gasteiger partial charge in [0.05, 0.1) is 0 Å². The van der Waals surface area contributed by atoms with Crippen LogP contribution in [0, 0.1) is 5.41 Å². The molecule has 0 amide bonds. The van der Waals surface area contributed by atoms with Crippen LogP contribution in [0.5, 0.6) is 0 Å². The highest BCUT2D eigenvalue weighted by Gasteiger charge is 2.17. The van der Waals surface area contributed by atoms with E-state index in [0.717, 1.165) is 16.6 Å². The van der Waals surface area contributed by atoms with E-state index in [0.29, 0.717) is 0 Å². The fourth-order valence-corrected chi connectivity index (χ4v) is 4.36. The van der Waals surface area contributed by atoms with Crippen LogP contribution in [-0.2, 0) is 6.42 Å². The minimum atomic E-state index is 0.254. The minimum Gasteiger partial charge on any atom is -0.244 e. The largest absolute Gasteiger partial charge is 0.244 e. The Bertz CT molecular complexity index is 1010. The topological polar surface area (TPSA) is 25.8 Å². The molecule has 0 atom stereocenters. The summed E-state index contributed by atoms with van der Waals surface area (Å²) in [5.41, 5.74) is 4.19. The van der Waals surface area contributed by atoms with Crippen molar-refractivity contribution in [1.29, 1.82) is 0 Å². The van der Waals surface area contributed by atoms with Gasteiger partial charge in [-0.3, -0.25) is 0 Å². The van der Waals surface area contributed by atoms with Gasteiger partial charge in [-0.25, -0.2) is 9.97 Å². The van der Waals surface area contributed by atoms with Crippen molar-refractivity contribution in [2.45, 2.75) is 27.2 Å². The fourth-order valence-electron chi connectivity index (χ4n) is 3.23. The fraction of sp³-hybridized carbons (Fsp3) is 0.238. The van der Waals surface area contributed by atoms with Crippen LogP contribution in [0.3, 0.4) is 0 Å². The van der Waals surface area contributed by atoms with Gasteiger partial charge >= 0.3 is 0 Å². The normalized spacial score (nSPS) is 12.1. The Hall–Kier alpha value is -2.26. The van der Waals surface area contributed by atoms with Gasteiger partial charge in [-0.1, -0.05) is 51.1 Å². The molecule has 0 aliphatic carbocycles. The molecule has 0 aliphatic heterocycles. The number of hydrogen-bond acceptors (Lipinski definition) is 3. The van der Waals surface area contributed by atoms with E-state index in [2.05, 4.69) is 73.2 Å². The summed E-state index contributed by atoms with van der Waals surface area (Å²) in [4.78, 5) is 9.76. The van der Waals surface area contributed by atoms with Crippen LogP contribution < -0.4 is 0 Å². The molecule has 2 aromatic carbocycles. The lowest BCUT2D eigenvalue weighted by molar-refractivity contribution is 0.411. The molecule has 0 spiro atoms. The number of hydrogen-bond donors (Lipinski definition) is 0. The molecule has 0 saturated heterocycles. The van der Waals surface area contributed by atoms with Gasteiger partial charge < -0.3 is 0 Å². The summed E-state index contributed by atoms with van der Waals surface area (Å²) in [5, 5.41) is 2.43. The quantitative estimate of drug-likeness (QED) is 0.443. The SMILES string of the molecule is CC(C)(C)Cc1cc(-c2ccccc2)c2sc3ncncc3c2c1. The average molecular weight is 332 g/mol. The van der Waals surface area contributed by atoms with Crippen molar-refractivity contribution in [2.24, 2.45) is 5.41 Å². The first-order chi connectivity index (χ1) is 11.5. The summed E-state index contributed by atoms with van der Waals surface area (Å²) in [7, 11) is 0. The number of thiophene rings is 1. The Balaban J connectivity index is 2.04. The molecule has 0 aliphatic rings. The number of nitrogens with zero attached hydrogens (tertiary/aromatic N) is 2. The van der Waals surface area contributed by atoms with E-state index in [1.165, 1.54) is 26.8 Å². The molecule has 2 nitrogen and oxygen atoms in total. The molecule has 2 aromatic heterocycles. The lowest BCUT2D eigenvalue weighted by Gasteiger charge is -2.19. The van der Waals surface area contributed by atoms with E-state index in [-0.39, 0.29) is 5.41 Å². The highest BCUT2D eigenvalue weighted by Crippen LogP contribution is 2.40. The zero-order valence-corrected chi connectivity index (χ0v) is 15.0. The Morgan fingerprint density at radius 3 is 2.54 bits per heavy atom. The maximum absolute atomic E-state index is 4.46. The van der Waals surface area contributed by atoms with E-state index in [1.54, 1.807) is 17.7 Å². The molecule has 0 N–H and O–H groups in total. The van der Waals surface area contributed by atoms with Crippen LogP contribution in [0.15, 0.2) is 55.0 Å². The van der Waals surface area contributed by atoms with Crippen molar-refractivity contribution < 1.29 is 0 Å². The average Bonchev–Trinajstić information content (AvgIpc) is 2.92. The second-order valence-electron chi connectivity index (χ2n) is 7.47. The van der Waals surface area contributed by atoms with Crippen molar-refractivity contribution in [3.05, 3.63) is 60.6 Å². The van der Waals surface area contributed by atoms with Gasteiger partial charge in [-0.05, 0) is 40.7 Å². The molecule has 3 heteroatoms. The van der Waals surface area contributed by atoms with E-state index >= 15 is 0 Å². The summed E-state index contributed by atoms with van der Waals surface area (Å²) in [6, 6.07) is 15.3. The Morgan fingerprint density at radius 2 is 1.79 bits per heavy atom. The third-order valence-electron chi connectivity index (χ3n) is 4.13. The molecule has 0 bridgehead atoms. The molecule has 4 aromatic rings. The van der Waals surface area contributed by atoms with E-state index < -0.39 is 0 Å². The van der Waals surface area contributed by atoms with Crippen molar-refractivity contribution in [3.63, 3.8) is 0 Å². The lowest BCUT2D eigenvalue weighted by atomic mass is 9.86. The molecule has 0 radical (unpaired) electrons. The first-order valence-electron chi connectivity index (χ1n) is 8.22. The Labute approximate surface area is 146 Å².